The van der Waals surface area contributed by atoms with Crippen molar-refractivity contribution >= 4 is 33.5 Å². The van der Waals surface area contributed by atoms with Crippen LogP contribution < -0.4 is 0 Å². The number of carbonyl (C=O) groups excluding carboxylic acids is 1. The van der Waals surface area contributed by atoms with Crippen LogP contribution in [0.2, 0.25) is 0 Å². The van der Waals surface area contributed by atoms with Crippen molar-refractivity contribution in [3.63, 3.8) is 0 Å². The van der Waals surface area contributed by atoms with Crippen LogP contribution in [0.4, 0.5) is 0 Å². The van der Waals surface area contributed by atoms with Crippen molar-refractivity contribution in [1.29, 1.82) is 0 Å². The summed E-state index contributed by atoms with van der Waals surface area (Å²) in [7, 11) is 0. The number of hydrogen-bond donors (Lipinski definition) is 0. The minimum atomic E-state index is 0.0937. The Labute approximate surface area is 213 Å². The Kier molecular flexibility index (Phi) is 7.85. The summed E-state index contributed by atoms with van der Waals surface area (Å²) in [5.41, 5.74) is 5.04. The molecule has 0 saturated carbocycles. The Hall–Kier alpha value is -2.90. The van der Waals surface area contributed by atoms with Gasteiger partial charge in [-0.05, 0) is 44.0 Å². The highest BCUT2D eigenvalue weighted by molar-refractivity contribution is 9.10. The molecule has 0 fully saturated rings. The molecule has 34 heavy (non-hydrogen) atoms. The number of nitrogens with zero attached hydrogens (tertiary/aromatic N) is 4. The van der Waals surface area contributed by atoms with Gasteiger partial charge in [-0.15, -0.1) is 16.8 Å². The van der Waals surface area contributed by atoms with Gasteiger partial charge < -0.3 is 9.13 Å². The largest absolute Gasteiger partial charge is 0.345 e. The monoisotopic (exact) mass is 534 g/mol. The van der Waals surface area contributed by atoms with E-state index in [1.807, 2.05) is 68.5 Å². The highest BCUT2D eigenvalue weighted by atomic mass is 79.9. The predicted octanol–water partition coefficient (Wildman–Crippen LogP) is 6.53. The Morgan fingerprint density at radius 2 is 1.79 bits per heavy atom. The zero-order valence-electron chi connectivity index (χ0n) is 19.4. The molecule has 0 atom stereocenters. The third kappa shape index (κ3) is 5.42. The van der Waals surface area contributed by atoms with Crippen LogP contribution in [-0.2, 0) is 19.5 Å². The lowest BCUT2D eigenvalue weighted by Gasteiger charge is -2.11. The van der Waals surface area contributed by atoms with E-state index in [-0.39, 0.29) is 5.78 Å². The fraction of sp³-hybridized carbons (Fsp3) is 0.222. The average Bonchev–Trinajstić information content (AvgIpc) is 3.38. The maximum Gasteiger partial charge on any atom is 0.191 e. The summed E-state index contributed by atoms with van der Waals surface area (Å²) in [4.78, 5) is 13.1. The molecule has 0 amide bonds. The second-order valence-electron chi connectivity index (χ2n) is 8.10. The van der Waals surface area contributed by atoms with E-state index in [1.165, 1.54) is 17.3 Å². The molecular weight excluding hydrogens is 508 g/mol. The van der Waals surface area contributed by atoms with Gasteiger partial charge in [0.2, 0.25) is 0 Å². The van der Waals surface area contributed by atoms with E-state index >= 15 is 0 Å². The number of halogens is 1. The first-order valence-electron chi connectivity index (χ1n) is 11.1. The lowest BCUT2D eigenvalue weighted by molar-refractivity contribution is 0.102. The first kappa shape index (κ1) is 24.2. The minimum absolute atomic E-state index is 0.0937. The molecule has 0 aliphatic heterocycles. The van der Waals surface area contributed by atoms with Gasteiger partial charge in [0.1, 0.15) is 0 Å². The normalized spacial score (nSPS) is 11.0. The number of thioether (sulfide) groups is 1. The molecule has 2 aromatic heterocycles. The summed E-state index contributed by atoms with van der Waals surface area (Å²) in [6, 6.07) is 20.4. The summed E-state index contributed by atoms with van der Waals surface area (Å²) in [6.07, 6.45) is 2.70. The van der Waals surface area contributed by atoms with Crippen LogP contribution in [-0.4, -0.2) is 30.9 Å². The van der Waals surface area contributed by atoms with E-state index < -0.39 is 0 Å². The fourth-order valence-electron chi connectivity index (χ4n) is 4.00. The van der Waals surface area contributed by atoms with Gasteiger partial charge in [0.25, 0.3) is 0 Å². The minimum Gasteiger partial charge on any atom is -0.345 e. The van der Waals surface area contributed by atoms with E-state index in [2.05, 4.69) is 54.0 Å². The summed E-state index contributed by atoms with van der Waals surface area (Å²) in [5.74, 6) is 1.21. The van der Waals surface area contributed by atoms with Crippen molar-refractivity contribution in [2.45, 2.75) is 38.5 Å². The second kappa shape index (κ2) is 11.0. The van der Waals surface area contributed by atoms with Gasteiger partial charge in [-0.2, -0.15) is 0 Å². The van der Waals surface area contributed by atoms with Crippen LogP contribution in [0, 0.1) is 13.8 Å². The third-order valence-electron chi connectivity index (χ3n) is 5.80. The van der Waals surface area contributed by atoms with Crippen LogP contribution >= 0.6 is 27.7 Å². The lowest BCUT2D eigenvalue weighted by Crippen LogP contribution is -2.09. The number of rotatable bonds is 10. The van der Waals surface area contributed by atoms with Crippen molar-refractivity contribution < 1.29 is 4.79 Å². The molecule has 0 N–H and O–H groups in total. The highest BCUT2D eigenvalue weighted by Crippen LogP contribution is 2.27. The standard InChI is InChI=1S/C27H27BrN4OS/c1-4-15-31-19(2)17-24(20(31)3)25(33)18-34-27-30-29-26(22-10-12-23(28)13-11-22)32(27)16-14-21-8-6-5-7-9-21/h4-13,17H,1,14-16,18H2,2-3H3. The Morgan fingerprint density at radius 1 is 1.06 bits per heavy atom. The number of ketones is 1. The molecule has 0 saturated heterocycles. The maximum atomic E-state index is 13.1. The van der Waals surface area contributed by atoms with Crippen LogP contribution in [0.15, 0.2) is 82.9 Å². The zero-order valence-corrected chi connectivity index (χ0v) is 21.8. The van der Waals surface area contributed by atoms with Gasteiger partial charge >= 0.3 is 0 Å². The number of allylic oxidation sites excluding steroid dienone is 1. The van der Waals surface area contributed by atoms with Crippen LogP contribution in [0.3, 0.4) is 0 Å². The average molecular weight is 536 g/mol. The van der Waals surface area contributed by atoms with Crippen LogP contribution in [0.5, 0.6) is 0 Å². The molecule has 0 bridgehead atoms. The third-order valence-corrected chi connectivity index (χ3v) is 7.30. The zero-order chi connectivity index (χ0) is 24.1. The molecule has 0 unspecified atom stereocenters. The number of Topliss-reactive ketones (excluding diaryl/α,β-unsaturated/α-hetero) is 1. The smallest absolute Gasteiger partial charge is 0.191 e. The molecule has 2 heterocycles. The van der Waals surface area contributed by atoms with Gasteiger partial charge in [-0.25, -0.2) is 0 Å². The molecule has 4 aromatic rings. The van der Waals surface area contributed by atoms with Crippen LogP contribution in [0.25, 0.3) is 11.4 Å². The molecule has 2 aromatic carbocycles. The van der Waals surface area contributed by atoms with E-state index in [9.17, 15) is 4.79 Å². The summed E-state index contributed by atoms with van der Waals surface area (Å²) < 4.78 is 5.24. The molecule has 5 nitrogen and oxygen atoms in total. The molecule has 7 heteroatoms. The van der Waals surface area contributed by atoms with E-state index in [0.717, 1.165) is 50.9 Å². The first-order chi connectivity index (χ1) is 16.5. The molecule has 4 rings (SSSR count). The topological polar surface area (TPSA) is 52.7 Å². The van der Waals surface area contributed by atoms with Crippen molar-refractivity contribution in [3.05, 3.63) is 100 Å². The molecule has 0 aliphatic rings. The highest BCUT2D eigenvalue weighted by Gasteiger charge is 2.19. The Balaban J connectivity index is 1.57. The van der Waals surface area contributed by atoms with E-state index in [0.29, 0.717) is 12.3 Å². The van der Waals surface area contributed by atoms with Gasteiger partial charge in [-0.3, -0.25) is 4.79 Å². The second-order valence-corrected chi connectivity index (χ2v) is 9.95. The first-order valence-corrected chi connectivity index (χ1v) is 12.9. The van der Waals surface area contributed by atoms with Crippen molar-refractivity contribution in [2.75, 3.05) is 5.75 Å². The van der Waals surface area contributed by atoms with Gasteiger partial charge in [-0.1, -0.05) is 76.2 Å². The van der Waals surface area contributed by atoms with Gasteiger partial charge in [0.05, 0.1) is 5.75 Å². The number of benzene rings is 2. The number of hydrogen-bond acceptors (Lipinski definition) is 4. The Bertz CT molecular complexity index is 1290. The fourth-order valence-corrected chi connectivity index (χ4v) is 5.11. The molecule has 0 aliphatic carbocycles. The van der Waals surface area contributed by atoms with Crippen molar-refractivity contribution in [2.24, 2.45) is 0 Å². The van der Waals surface area contributed by atoms with Gasteiger partial charge in [0.15, 0.2) is 16.8 Å². The van der Waals surface area contributed by atoms with Crippen LogP contribution in [0.1, 0.15) is 27.3 Å². The van der Waals surface area contributed by atoms with Crippen molar-refractivity contribution in [1.82, 2.24) is 19.3 Å². The summed E-state index contributed by atoms with van der Waals surface area (Å²) >= 11 is 4.94. The SMILES string of the molecule is C=CCn1c(C)cc(C(=O)CSc2nnc(-c3ccc(Br)cc3)n2CCc2ccccc2)c1C. The lowest BCUT2D eigenvalue weighted by atomic mass is 10.1. The number of aryl methyl sites for hydroxylation is 2. The maximum absolute atomic E-state index is 13.1. The quantitative estimate of drug-likeness (QED) is 0.132. The van der Waals surface area contributed by atoms with E-state index in [1.54, 1.807) is 0 Å². The summed E-state index contributed by atoms with van der Waals surface area (Å²) in [6.45, 7) is 9.25. The van der Waals surface area contributed by atoms with Gasteiger partial charge in [0, 0.05) is 40.1 Å². The van der Waals surface area contributed by atoms with Crippen molar-refractivity contribution in [3.8, 4) is 11.4 Å². The van der Waals surface area contributed by atoms with E-state index in [4.69, 9.17) is 0 Å². The summed E-state index contributed by atoms with van der Waals surface area (Å²) in [5, 5.41) is 9.70. The number of carbonyl (C=O) groups is 1. The molecule has 0 radical (unpaired) electrons. The molecule has 0 spiro atoms. The molecular formula is C27H27BrN4OS. The molecule has 174 valence electrons. The number of aromatic nitrogens is 4. The predicted molar refractivity (Wildman–Crippen MR) is 142 cm³/mol. The Morgan fingerprint density at radius 3 is 2.50 bits per heavy atom.